The first-order valence-corrected chi connectivity index (χ1v) is 7.04. The summed E-state index contributed by atoms with van der Waals surface area (Å²) in [6, 6.07) is -2.30. The Labute approximate surface area is 137 Å². The van der Waals surface area contributed by atoms with Gasteiger partial charge in [-0.3, -0.25) is 0 Å². The predicted octanol–water partition coefficient (Wildman–Crippen LogP) is -6.67. The number of rotatable bonds is 6. The van der Waals surface area contributed by atoms with E-state index in [1.807, 2.05) is 0 Å². The van der Waals surface area contributed by atoms with Gasteiger partial charge in [0.2, 0.25) is 0 Å². The number of ether oxygens (including phenoxy) is 1. The van der Waals surface area contributed by atoms with Crippen molar-refractivity contribution in [2.24, 2.45) is 11.5 Å². The SMILES string of the molecule is N[C@@H](C=O)[C@@H](O)[C@H](O)C(O)CO.N[C@@H]1[C@@H](O)[C@H](O)[C@@H](CO)O[C@H]1O. The molecule has 0 spiro atoms. The summed E-state index contributed by atoms with van der Waals surface area (Å²) in [7, 11) is 0. The van der Waals surface area contributed by atoms with Crippen LogP contribution in [0.25, 0.3) is 0 Å². The maximum Gasteiger partial charge on any atom is 0.173 e. The Balaban J connectivity index is 0.000000441. The van der Waals surface area contributed by atoms with Crippen molar-refractivity contribution >= 4 is 6.29 Å². The Morgan fingerprint density at radius 2 is 1.58 bits per heavy atom. The molecule has 1 aliphatic rings. The van der Waals surface area contributed by atoms with Crippen LogP contribution in [0.15, 0.2) is 0 Å². The van der Waals surface area contributed by atoms with Crippen molar-refractivity contribution in [1.29, 1.82) is 0 Å². The summed E-state index contributed by atoms with van der Waals surface area (Å²) in [6.45, 7) is -1.17. The van der Waals surface area contributed by atoms with Gasteiger partial charge in [-0.05, 0) is 0 Å². The average molecular weight is 358 g/mol. The van der Waals surface area contributed by atoms with Gasteiger partial charge in [0.25, 0.3) is 0 Å². The van der Waals surface area contributed by atoms with Crippen molar-refractivity contribution < 1.29 is 50.4 Å². The molecule has 0 aromatic carbocycles. The zero-order valence-electron chi connectivity index (χ0n) is 12.7. The molecule has 0 aliphatic carbocycles. The summed E-state index contributed by atoms with van der Waals surface area (Å²) in [5.41, 5.74) is 10.3. The summed E-state index contributed by atoms with van der Waals surface area (Å²) in [5, 5.41) is 71.2. The van der Waals surface area contributed by atoms with E-state index >= 15 is 0 Å². The minimum Gasteiger partial charge on any atom is -0.394 e. The lowest BCUT2D eigenvalue weighted by molar-refractivity contribution is -0.248. The monoisotopic (exact) mass is 358 g/mol. The molecule has 12 heteroatoms. The maximum atomic E-state index is 10.0. The third-order valence-electron chi connectivity index (χ3n) is 3.43. The van der Waals surface area contributed by atoms with E-state index in [4.69, 9.17) is 46.8 Å². The highest BCUT2D eigenvalue weighted by atomic mass is 16.6. The average Bonchev–Trinajstić information content (AvgIpc) is 2.60. The number of hydrogen-bond acceptors (Lipinski definition) is 12. The minimum absolute atomic E-state index is 0.248. The molecule has 24 heavy (non-hydrogen) atoms. The first-order chi connectivity index (χ1) is 11.1. The highest BCUT2D eigenvalue weighted by molar-refractivity contribution is 5.58. The van der Waals surface area contributed by atoms with Crippen molar-refractivity contribution in [2.45, 2.75) is 55.0 Å². The van der Waals surface area contributed by atoms with Gasteiger partial charge in [0.05, 0.1) is 25.3 Å². The fourth-order valence-corrected chi connectivity index (χ4v) is 1.76. The summed E-state index contributed by atoms with van der Waals surface area (Å²) in [4.78, 5) is 10.0. The zero-order chi connectivity index (χ0) is 19.0. The van der Waals surface area contributed by atoms with Crippen LogP contribution in [0.5, 0.6) is 0 Å². The third-order valence-corrected chi connectivity index (χ3v) is 3.43. The molecule has 1 aliphatic heterocycles. The summed E-state index contributed by atoms with van der Waals surface area (Å²) >= 11 is 0. The van der Waals surface area contributed by atoms with Crippen LogP contribution in [0.3, 0.4) is 0 Å². The van der Waals surface area contributed by atoms with Crippen molar-refractivity contribution in [3.8, 4) is 0 Å². The molecule has 12 nitrogen and oxygen atoms in total. The third kappa shape index (κ3) is 6.27. The second-order valence-corrected chi connectivity index (χ2v) is 5.25. The molecular formula is C12H26N2O10. The lowest BCUT2D eigenvalue weighted by Gasteiger charge is -2.38. The molecule has 0 bridgehead atoms. The summed E-state index contributed by atoms with van der Waals surface area (Å²) < 4.78 is 4.70. The molecule has 0 radical (unpaired) electrons. The highest BCUT2D eigenvalue weighted by Gasteiger charge is 2.41. The normalized spacial score (nSPS) is 35.2. The predicted molar refractivity (Wildman–Crippen MR) is 77.1 cm³/mol. The molecule has 1 unspecified atom stereocenters. The fourth-order valence-electron chi connectivity index (χ4n) is 1.76. The number of aldehydes is 1. The molecular weight excluding hydrogens is 332 g/mol. The highest BCUT2D eigenvalue weighted by Crippen LogP contribution is 2.17. The van der Waals surface area contributed by atoms with Gasteiger partial charge in [0, 0.05) is 0 Å². The molecule has 1 saturated heterocycles. The van der Waals surface area contributed by atoms with Crippen LogP contribution in [0.4, 0.5) is 0 Å². The van der Waals surface area contributed by atoms with Crippen LogP contribution < -0.4 is 11.5 Å². The Morgan fingerprint density at radius 3 is 2.00 bits per heavy atom. The quantitative estimate of drug-likeness (QED) is 0.199. The number of aliphatic hydroxyl groups is 8. The van der Waals surface area contributed by atoms with E-state index in [1.165, 1.54) is 0 Å². The molecule has 1 fully saturated rings. The smallest absolute Gasteiger partial charge is 0.173 e. The Hall–Kier alpha value is -0.770. The second kappa shape index (κ2) is 11.0. The number of aliphatic hydroxyl groups excluding tert-OH is 8. The van der Waals surface area contributed by atoms with Gasteiger partial charge in [-0.25, -0.2) is 0 Å². The van der Waals surface area contributed by atoms with Gasteiger partial charge < -0.3 is 61.9 Å². The number of nitrogens with two attached hydrogens (primary N) is 2. The fraction of sp³-hybridized carbons (Fsp3) is 0.917. The topological polar surface area (TPSA) is 240 Å². The van der Waals surface area contributed by atoms with Crippen molar-refractivity contribution in [3.63, 3.8) is 0 Å². The Kier molecular flexibility index (Phi) is 10.6. The Morgan fingerprint density at radius 1 is 1.04 bits per heavy atom. The second-order valence-electron chi connectivity index (χ2n) is 5.25. The van der Waals surface area contributed by atoms with E-state index in [1.54, 1.807) is 0 Å². The lowest BCUT2D eigenvalue weighted by Crippen LogP contribution is -2.61. The molecule has 9 atom stereocenters. The van der Waals surface area contributed by atoms with Gasteiger partial charge in [-0.15, -0.1) is 0 Å². The van der Waals surface area contributed by atoms with E-state index in [2.05, 4.69) is 0 Å². The summed E-state index contributed by atoms with van der Waals surface area (Å²) in [6.07, 6.45) is -9.28. The van der Waals surface area contributed by atoms with Crippen LogP contribution in [0, 0.1) is 0 Å². The lowest BCUT2D eigenvalue weighted by atomic mass is 9.98. The van der Waals surface area contributed by atoms with E-state index in [-0.39, 0.29) is 6.29 Å². The van der Waals surface area contributed by atoms with Crippen LogP contribution >= 0.6 is 0 Å². The zero-order valence-corrected chi connectivity index (χ0v) is 12.7. The molecule has 0 aromatic rings. The van der Waals surface area contributed by atoms with E-state index in [0.29, 0.717) is 0 Å². The number of hydrogen-bond donors (Lipinski definition) is 10. The molecule has 0 saturated carbocycles. The van der Waals surface area contributed by atoms with Crippen molar-refractivity contribution in [3.05, 3.63) is 0 Å². The van der Waals surface area contributed by atoms with Gasteiger partial charge >= 0.3 is 0 Å². The van der Waals surface area contributed by atoms with E-state index in [0.717, 1.165) is 0 Å². The summed E-state index contributed by atoms with van der Waals surface area (Å²) in [5.74, 6) is 0. The van der Waals surface area contributed by atoms with Gasteiger partial charge in [0.1, 0.15) is 42.9 Å². The molecule has 1 heterocycles. The van der Waals surface area contributed by atoms with Crippen LogP contribution in [-0.4, -0.2) is 115 Å². The first kappa shape index (κ1) is 23.2. The van der Waals surface area contributed by atoms with E-state index < -0.39 is 68.2 Å². The standard InChI is InChI=1S/2C6H13NO5/c7-3-5(10)4(9)2(1-8)12-6(3)11;7-3(1-8)5(11)6(12)4(10)2-9/h2-6,8-11H,1,7H2;1,3-6,9-12H,2,7H2/t2-,3-,4-,5-,6-;3-,4?,5+,6+/m10/s1. The van der Waals surface area contributed by atoms with Crippen molar-refractivity contribution in [2.75, 3.05) is 13.2 Å². The minimum atomic E-state index is -1.62. The Bertz CT molecular complexity index is 358. The molecule has 0 aromatic heterocycles. The van der Waals surface area contributed by atoms with Crippen molar-refractivity contribution in [1.82, 2.24) is 0 Å². The van der Waals surface area contributed by atoms with Gasteiger partial charge in [0.15, 0.2) is 6.29 Å². The molecule has 1 rings (SSSR count). The number of carbonyl (C=O) groups is 1. The molecule has 144 valence electrons. The van der Waals surface area contributed by atoms with Gasteiger partial charge in [-0.2, -0.15) is 0 Å². The largest absolute Gasteiger partial charge is 0.394 e. The van der Waals surface area contributed by atoms with Crippen LogP contribution in [0.1, 0.15) is 0 Å². The van der Waals surface area contributed by atoms with Gasteiger partial charge in [-0.1, -0.05) is 0 Å². The van der Waals surface area contributed by atoms with Crippen LogP contribution in [-0.2, 0) is 9.53 Å². The molecule has 0 amide bonds. The first-order valence-electron chi connectivity index (χ1n) is 7.04. The number of carbonyl (C=O) groups excluding carboxylic acids is 1. The molecule has 12 N–H and O–H groups in total. The van der Waals surface area contributed by atoms with Crippen LogP contribution in [0.2, 0.25) is 0 Å². The van der Waals surface area contributed by atoms with E-state index in [9.17, 15) is 15.0 Å². The maximum absolute atomic E-state index is 10.0.